The Kier molecular flexibility index (Phi) is 13.0. The van der Waals surface area contributed by atoms with E-state index >= 15 is 0 Å². The first-order chi connectivity index (χ1) is 20.2. The van der Waals surface area contributed by atoms with Gasteiger partial charge in [0.25, 0.3) is 0 Å². The number of hydrogen-bond acceptors (Lipinski definition) is 7. The summed E-state index contributed by atoms with van der Waals surface area (Å²) in [5, 5.41) is 24.9. The van der Waals surface area contributed by atoms with Gasteiger partial charge in [0.05, 0.1) is 38.6 Å². The second-order valence-electron chi connectivity index (χ2n) is 14.7. The highest BCUT2D eigenvalue weighted by Crippen LogP contribution is 2.68. The molecule has 0 bridgehead atoms. The van der Waals surface area contributed by atoms with E-state index in [0.29, 0.717) is 94.7 Å². The highest BCUT2D eigenvalue weighted by Gasteiger charge is 2.62. The van der Waals surface area contributed by atoms with Crippen molar-refractivity contribution < 1.29 is 29.2 Å². The van der Waals surface area contributed by atoms with E-state index in [4.69, 9.17) is 19.9 Å². The topological polar surface area (TPSA) is 123 Å². The summed E-state index contributed by atoms with van der Waals surface area (Å²) in [4.78, 5) is 12.6. The molecule has 4 rings (SSSR count). The molecule has 4 aliphatic carbocycles. The first-order valence-corrected chi connectivity index (χ1v) is 17.3. The lowest BCUT2D eigenvalue weighted by atomic mass is 9.43. The summed E-state index contributed by atoms with van der Waals surface area (Å²) in [5.74, 6) is 3.29. The Morgan fingerprint density at radius 3 is 2.24 bits per heavy atom. The van der Waals surface area contributed by atoms with Crippen LogP contribution in [0.1, 0.15) is 97.8 Å². The van der Waals surface area contributed by atoms with Gasteiger partial charge in [-0.2, -0.15) is 0 Å². The number of ether oxygens (including phenoxy) is 3. The minimum Gasteiger partial charge on any atom is -0.393 e. The summed E-state index contributed by atoms with van der Waals surface area (Å²) in [6.07, 6.45) is 11.4. The van der Waals surface area contributed by atoms with Crippen LogP contribution >= 0.6 is 0 Å². The summed E-state index contributed by atoms with van der Waals surface area (Å²) < 4.78 is 16.5. The van der Waals surface area contributed by atoms with Crippen LogP contribution in [0, 0.1) is 46.3 Å². The van der Waals surface area contributed by atoms with Gasteiger partial charge in [0.15, 0.2) is 0 Å². The van der Waals surface area contributed by atoms with Gasteiger partial charge in [-0.05, 0) is 124 Å². The van der Waals surface area contributed by atoms with Crippen molar-refractivity contribution in [1.82, 2.24) is 5.32 Å². The number of carbonyl (C=O) groups is 1. The van der Waals surface area contributed by atoms with Crippen LogP contribution in [-0.2, 0) is 19.0 Å². The molecule has 1 amide bonds. The van der Waals surface area contributed by atoms with Gasteiger partial charge in [-0.1, -0.05) is 20.8 Å². The largest absolute Gasteiger partial charge is 0.393 e. The molecule has 0 aromatic heterocycles. The summed E-state index contributed by atoms with van der Waals surface area (Å²) in [5.41, 5.74) is 5.95. The standard InChI is InChI=1S/C34H62N2O6/c1-24(6-9-31(39)36-15-5-17-41-19-21-42-20-18-40-16-4-14-35)27-7-8-28-32-29(11-13-34(27,28)3)33(2)12-10-26(37)22-25(33)23-30(32)38/h24-30,32,37-38H,4-23,35H2,1-3H3,(H,36,39)/t24-,25?,26-,27-,28+,29+,30-,32?,33+,34-/m1/s1. The van der Waals surface area contributed by atoms with E-state index < -0.39 is 0 Å². The van der Waals surface area contributed by atoms with Crippen molar-refractivity contribution in [1.29, 1.82) is 0 Å². The van der Waals surface area contributed by atoms with Crippen molar-refractivity contribution in [2.24, 2.45) is 52.1 Å². The van der Waals surface area contributed by atoms with Crippen molar-refractivity contribution >= 4 is 5.91 Å². The number of aliphatic hydroxyl groups is 2. The number of nitrogens with two attached hydrogens (primary N) is 1. The molecule has 0 aromatic rings. The number of aliphatic hydroxyl groups excluding tert-OH is 2. The van der Waals surface area contributed by atoms with E-state index in [0.717, 1.165) is 44.9 Å². The number of nitrogens with one attached hydrogen (secondary N) is 1. The predicted molar refractivity (Wildman–Crippen MR) is 165 cm³/mol. The monoisotopic (exact) mass is 594 g/mol. The minimum absolute atomic E-state index is 0.143. The molecule has 42 heavy (non-hydrogen) atoms. The molecular weight excluding hydrogens is 532 g/mol. The third kappa shape index (κ3) is 8.08. The van der Waals surface area contributed by atoms with Gasteiger partial charge in [-0.25, -0.2) is 0 Å². The molecule has 0 aromatic carbocycles. The molecule has 0 radical (unpaired) electrons. The van der Waals surface area contributed by atoms with Crippen LogP contribution in [0.5, 0.6) is 0 Å². The van der Waals surface area contributed by atoms with Crippen LogP contribution in [0.25, 0.3) is 0 Å². The number of carbonyl (C=O) groups excluding carboxylic acids is 1. The molecule has 244 valence electrons. The van der Waals surface area contributed by atoms with Crippen LogP contribution in [0.3, 0.4) is 0 Å². The van der Waals surface area contributed by atoms with E-state index in [1.807, 2.05) is 0 Å². The Hall–Kier alpha value is -0.770. The smallest absolute Gasteiger partial charge is 0.220 e. The maximum absolute atomic E-state index is 12.6. The van der Waals surface area contributed by atoms with Crippen molar-refractivity contribution in [2.75, 3.05) is 52.7 Å². The van der Waals surface area contributed by atoms with Crippen LogP contribution < -0.4 is 11.1 Å². The molecule has 10 atom stereocenters. The van der Waals surface area contributed by atoms with Crippen LogP contribution in [0.15, 0.2) is 0 Å². The molecule has 0 aliphatic heterocycles. The second-order valence-corrected chi connectivity index (χ2v) is 14.7. The van der Waals surface area contributed by atoms with Crippen molar-refractivity contribution in [3.8, 4) is 0 Å². The number of amides is 1. The zero-order valence-corrected chi connectivity index (χ0v) is 26.9. The fourth-order valence-corrected chi connectivity index (χ4v) is 9.95. The Balaban J connectivity index is 1.12. The highest BCUT2D eigenvalue weighted by atomic mass is 16.5. The fourth-order valence-electron chi connectivity index (χ4n) is 9.95. The summed E-state index contributed by atoms with van der Waals surface area (Å²) in [6.45, 7) is 12.2. The van der Waals surface area contributed by atoms with Gasteiger partial charge in [-0.15, -0.1) is 0 Å². The summed E-state index contributed by atoms with van der Waals surface area (Å²) in [6, 6.07) is 0. The van der Waals surface area contributed by atoms with Gasteiger partial charge >= 0.3 is 0 Å². The van der Waals surface area contributed by atoms with Crippen molar-refractivity contribution in [2.45, 2.75) is 110 Å². The van der Waals surface area contributed by atoms with Crippen LogP contribution in [0.4, 0.5) is 0 Å². The van der Waals surface area contributed by atoms with Crippen LogP contribution in [-0.4, -0.2) is 81.1 Å². The Morgan fingerprint density at radius 1 is 0.881 bits per heavy atom. The van der Waals surface area contributed by atoms with E-state index in [2.05, 4.69) is 26.1 Å². The minimum atomic E-state index is -0.231. The van der Waals surface area contributed by atoms with Gasteiger partial charge in [0, 0.05) is 26.2 Å². The fraction of sp³-hybridized carbons (Fsp3) is 0.971. The first kappa shape index (κ1) is 34.1. The molecule has 5 N–H and O–H groups in total. The SMILES string of the molecule is C[C@H](CCC(=O)NCCCOCCOCCOCCCN)[C@H]1CC[C@H]2C3[C@H](O)CC4C[C@H](O)CC[C@]4(C)[C@H]3CC[C@]12C. The number of hydrogen-bond donors (Lipinski definition) is 4. The lowest BCUT2D eigenvalue weighted by Gasteiger charge is -2.62. The summed E-state index contributed by atoms with van der Waals surface area (Å²) >= 11 is 0. The lowest BCUT2D eigenvalue weighted by Crippen LogP contribution is -2.58. The molecule has 4 saturated carbocycles. The third-order valence-electron chi connectivity index (χ3n) is 12.3. The first-order valence-electron chi connectivity index (χ1n) is 17.3. The van der Waals surface area contributed by atoms with Crippen molar-refractivity contribution in [3.05, 3.63) is 0 Å². The van der Waals surface area contributed by atoms with Gasteiger partial charge in [0.2, 0.25) is 5.91 Å². The maximum Gasteiger partial charge on any atom is 0.220 e. The Morgan fingerprint density at radius 2 is 1.52 bits per heavy atom. The van der Waals surface area contributed by atoms with E-state index in [9.17, 15) is 15.0 Å². The molecule has 0 heterocycles. The Labute approximate surface area is 255 Å². The maximum atomic E-state index is 12.6. The van der Waals surface area contributed by atoms with Crippen molar-refractivity contribution in [3.63, 3.8) is 0 Å². The average Bonchev–Trinajstić information content (AvgIpc) is 3.32. The van der Waals surface area contributed by atoms with Gasteiger partial charge in [0.1, 0.15) is 0 Å². The highest BCUT2D eigenvalue weighted by molar-refractivity contribution is 5.75. The lowest BCUT2D eigenvalue weighted by molar-refractivity contribution is -0.174. The molecule has 4 fully saturated rings. The third-order valence-corrected chi connectivity index (χ3v) is 12.3. The predicted octanol–water partition coefficient (Wildman–Crippen LogP) is 4.30. The second kappa shape index (κ2) is 16.0. The molecule has 0 spiro atoms. The molecule has 4 aliphatic rings. The van der Waals surface area contributed by atoms with E-state index in [-0.39, 0.29) is 28.9 Å². The molecular formula is C34H62N2O6. The molecule has 0 saturated heterocycles. The molecule has 2 unspecified atom stereocenters. The molecule has 8 nitrogen and oxygen atoms in total. The quantitative estimate of drug-likeness (QED) is 0.185. The number of fused-ring (bicyclic) bond motifs is 5. The summed E-state index contributed by atoms with van der Waals surface area (Å²) in [7, 11) is 0. The number of rotatable bonds is 17. The van der Waals surface area contributed by atoms with Crippen LogP contribution in [0.2, 0.25) is 0 Å². The normalized spacial score (nSPS) is 38.4. The zero-order chi connectivity index (χ0) is 30.2. The zero-order valence-electron chi connectivity index (χ0n) is 26.9. The van der Waals surface area contributed by atoms with E-state index in [1.54, 1.807) is 0 Å². The van der Waals surface area contributed by atoms with E-state index in [1.165, 1.54) is 25.7 Å². The molecule has 8 heteroatoms. The van der Waals surface area contributed by atoms with Gasteiger partial charge < -0.3 is 35.5 Å². The Bertz CT molecular complexity index is 830. The average molecular weight is 595 g/mol. The van der Waals surface area contributed by atoms with Gasteiger partial charge in [-0.3, -0.25) is 4.79 Å².